The molecule has 0 aliphatic rings. The summed E-state index contributed by atoms with van der Waals surface area (Å²) in [6.45, 7) is 0. The van der Waals surface area contributed by atoms with E-state index in [0.717, 1.165) is 11.3 Å². The molecule has 0 aliphatic carbocycles. The van der Waals surface area contributed by atoms with Gasteiger partial charge in [-0.25, -0.2) is 0 Å². The van der Waals surface area contributed by atoms with Crippen LogP contribution in [0.25, 0.3) is 11.8 Å². The average molecular weight is 268 g/mol. The molecule has 0 spiro atoms. The first-order valence-corrected chi connectivity index (χ1v) is 6.27. The molecule has 0 amide bonds. The zero-order valence-electron chi connectivity index (χ0n) is 11.5. The maximum Gasteiger partial charge on any atom is 0.277 e. The summed E-state index contributed by atoms with van der Waals surface area (Å²) in [6.07, 6.45) is 1.59. The van der Waals surface area contributed by atoms with Crippen LogP contribution in [0.1, 0.15) is 11.1 Å². The molecular formula is C16H16N2O2. The van der Waals surface area contributed by atoms with Crippen LogP contribution in [0.5, 0.6) is 0 Å². The molecule has 0 fully saturated rings. The van der Waals surface area contributed by atoms with Gasteiger partial charge in [0, 0.05) is 25.9 Å². The summed E-state index contributed by atoms with van der Waals surface area (Å²) >= 11 is 0. The molecule has 0 N–H and O–H groups in total. The first-order valence-electron chi connectivity index (χ1n) is 6.27. The third kappa shape index (κ3) is 3.23. The summed E-state index contributed by atoms with van der Waals surface area (Å²) in [5.74, 6) is 0. The van der Waals surface area contributed by atoms with Crippen LogP contribution in [0.2, 0.25) is 0 Å². The van der Waals surface area contributed by atoms with Gasteiger partial charge < -0.3 is 4.90 Å². The molecule has 0 saturated carbocycles. The Morgan fingerprint density at radius 2 is 1.65 bits per heavy atom. The van der Waals surface area contributed by atoms with Gasteiger partial charge in [0.2, 0.25) is 0 Å². The third-order valence-electron chi connectivity index (χ3n) is 2.98. The molecule has 20 heavy (non-hydrogen) atoms. The van der Waals surface area contributed by atoms with E-state index in [1.807, 2.05) is 49.3 Å². The lowest BCUT2D eigenvalue weighted by Crippen LogP contribution is -2.07. The number of benzene rings is 2. The van der Waals surface area contributed by atoms with E-state index in [4.69, 9.17) is 0 Å². The second-order valence-corrected chi connectivity index (χ2v) is 4.64. The zero-order chi connectivity index (χ0) is 14.5. The first kappa shape index (κ1) is 13.8. The van der Waals surface area contributed by atoms with Crippen molar-refractivity contribution in [1.29, 1.82) is 0 Å². The Kier molecular flexibility index (Phi) is 4.15. The molecule has 2 aromatic carbocycles. The number of hydrogen-bond acceptors (Lipinski definition) is 3. The SMILES string of the molecule is CN(C)c1ccc(/C=C(/c2ccccc2)[N+](=O)[O-])cc1. The largest absolute Gasteiger partial charge is 0.378 e. The van der Waals surface area contributed by atoms with Gasteiger partial charge in [-0.3, -0.25) is 10.1 Å². The standard InChI is InChI=1S/C16H16N2O2/c1-17(2)15-10-8-13(9-11-15)12-16(18(19)20)14-6-4-3-5-7-14/h3-12H,1-2H3/b16-12-. The Bertz CT molecular complexity index is 617. The number of rotatable bonds is 4. The predicted molar refractivity (Wildman–Crippen MR) is 82.1 cm³/mol. The van der Waals surface area contributed by atoms with E-state index in [9.17, 15) is 10.1 Å². The number of hydrogen-bond donors (Lipinski definition) is 0. The third-order valence-corrected chi connectivity index (χ3v) is 2.98. The molecule has 0 heterocycles. The maximum absolute atomic E-state index is 11.2. The molecule has 0 unspecified atom stereocenters. The minimum Gasteiger partial charge on any atom is -0.378 e. The van der Waals surface area contributed by atoms with Crippen LogP contribution in [0.4, 0.5) is 5.69 Å². The Labute approximate surface area is 118 Å². The summed E-state index contributed by atoms with van der Waals surface area (Å²) in [5, 5.41) is 11.2. The lowest BCUT2D eigenvalue weighted by molar-refractivity contribution is -0.374. The fraction of sp³-hybridized carbons (Fsp3) is 0.125. The minimum absolute atomic E-state index is 0.100. The highest BCUT2D eigenvalue weighted by molar-refractivity contribution is 5.76. The normalized spacial score (nSPS) is 11.2. The van der Waals surface area contributed by atoms with Crippen molar-refractivity contribution in [1.82, 2.24) is 0 Å². The number of anilines is 1. The van der Waals surface area contributed by atoms with E-state index >= 15 is 0 Å². The molecule has 4 heteroatoms. The van der Waals surface area contributed by atoms with Crippen LogP contribution in [-0.4, -0.2) is 19.0 Å². The van der Waals surface area contributed by atoms with Crippen molar-refractivity contribution in [2.45, 2.75) is 0 Å². The number of nitro groups is 1. The van der Waals surface area contributed by atoms with Crippen molar-refractivity contribution in [3.05, 3.63) is 75.8 Å². The van der Waals surface area contributed by atoms with Crippen molar-refractivity contribution in [2.75, 3.05) is 19.0 Å². The smallest absolute Gasteiger partial charge is 0.277 e. The summed E-state index contributed by atoms with van der Waals surface area (Å²) in [7, 11) is 3.91. The quantitative estimate of drug-likeness (QED) is 0.484. The Hall–Kier alpha value is -2.62. The summed E-state index contributed by atoms with van der Waals surface area (Å²) < 4.78 is 0. The molecule has 4 nitrogen and oxygen atoms in total. The zero-order valence-corrected chi connectivity index (χ0v) is 11.5. The second kappa shape index (κ2) is 6.02. The fourth-order valence-electron chi connectivity index (χ4n) is 1.88. The van der Waals surface area contributed by atoms with Crippen molar-refractivity contribution >= 4 is 17.5 Å². The topological polar surface area (TPSA) is 46.4 Å². The highest BCUT2D eigenvalue weighted by Crippen LogP contribution is 2.20. The van der Waals surface area contributed by atoms with E-state index in [0.29, 0.717) is 5.56 Å². The van der Waals surface area contributed by atoms with Crippen LogP contribution in [0.3, 0.4) is 0 Å². The van der Waals surface area contributed by atoms with Crippen molar-refractivity contribution < 1.29 is 4.92 Å². The van der Waals surface area contributed by atoms with Crippen LogP contribution in [0.15, 0.2) is 54.6 Å². The highest BCUT2D eigenvalue weighted by Gasteiger charge is 2.13. The Morgan fingerprint density at radius 1 is 1.05 bits per heavy atom. The molecular weight excluding hydrogens is 252 g/mol. The van der Waals surface area contributed by atoms with Crippen LogP contribution in [-0.2, 0) is 0 Å². The first-order chi connectivity index (χ1) is 9.58. The monoisotopic (exact) mass is 268 g/mol. The van der Waals surface area contributed by atoms with Crippen LogP contribution < -0.4 is 4.90 Å². The fourth-order valence-corrected chi connectivity index (χ4v) is 1.88. The molecule has 2 aromatic rings. The molecule has 0 bridgehead atoms. The van der Waals surface area contributed by atoms with Gasteiger partial charge in [-0.1, -0.05) is 30.3 Å². The van der Waals surface area contributed by atoms with Crippen LogP contribution >= 0.6 is 0 Å². The lowest BCUT2D eigenvalue weighted by atomic mass is 10.1. The van der Waals surface area contributed by atoms with E-state index in [1.54, 1.807) is 30.3 Å². The van der Waals surface area contributed by atoms with E-state index in [-0.39, 0.29) is 10.6 Å². The second-order valence-electron chi connectivity index (χ2n) is 4.64. The maximum atomic E-state index is 11.2. The molecule has 0 radical (unpaired) electrons. The van der Waals surface area contributed by atoms with E-state index < -0.39 is 0 Å². The van der Waals surface area contributed by atoms with Gasteiger partial charge in [0.15, 0.2) is 0 Å². The van der Waals surface area contributed by atoms with Crippen molar-refractivity contribution in [2.24, 2.45) is 0 Å². The van der Waals surface area contributed by atoms with Crippen molar-refractivity contribution in [3.63, 3.8) is 0 Å². The summed E-state index contributed by atoms with van der Waals surface area (Å²) in [4.78, 5) is 12.8. The minimum atomic E-state index is -0.352. The van der Waals surface area contributed by atoms with Gasteiger partial charge in [-0.2, -0.15) is 0 Å². The van der Waals surface area contributed by atoms with Gasteiger partial charge in [-0.15, -0.1) is 0 Å². The average Bonchev–Trinajstić information content (AvgIpc) is 2.46. The molecule has 0 aliphatic heterocycles. The Balaban J connectivity index is 2.37. The highest BCUT2D eigenvalue weighted by atomic mass is 16.6. The molecule has 0 aromatic heterocycles. The summed E-state index contributed by atoms with van der Waals surface area (Å²) in [6, 6.07) is 16.5. The van der Waals surface area contributed by atoms with E-state index in [2.05, 4.69) is 0 Å². The van der Waals surface area contributed by atoms with Gasteiger partial charge in [-0.05, 0) is 29.8 Å². The van der Waals surface area contributed by atoms with Gasteiger partial charge >= 0.3 is 0 Å². The molecule has 2 rings (SSSR count). The molecule has 102 valence electrons. The molecule has 0 saturated heterocycles. The predicted octanol–water partition coefficient (Wildman–Crippen LogP) is 3.53. The lowest BCUT2D eigenvalue weighted by Gasteiger charge is -2.11. The molecule has 0 atom stereocenters. The summed E-state index contributed by atoms with van der Waals surface area (Å²) in [5.41, 5.74) is 2.58. The van der Waals surface area contributed by atoms with Crippen LogP contribution in [0, 0.1) is 10.1 Å². The van der Waals surface area contributed by atoms with Gasteiger partial charge in [0.1, 0.15) is 0 Å². The Morgan fingerprint density at radius 3 is 2.15 bits per heavy atom. The van der Waals surface area contributed by atoms with Gasteiger partial charge in [0.25, 0.3) is 5.70 Å². The van der Waals surface area contributed by atoms with E-state index in [1.165, 1.54) is 0 Å². The van der Waals surface area contributed by atoms with Gasteiger partial charge in [0.05, 0.1) is 10.5 Å². The van der Waals surface area contributed by atoms with Crippen molar-refractivity contribution in [3.8, 4) is 0 Å². The number of nitrogens with zero attached hydrogens (tertiary/aromatic N) is 2.